The lowest BCUT2D eigenvalue weighted by atomic mass is 10.1. The number of carboxylic acids is 1. The molecule has 0 aliphatic rings. The number of nitrogens with two attached hydrogens (primary N) is 1. The Hall–Kier alpha value is -2.17. The highest BCUT2D eigenvalue weighted by Crippen LogP contribution is 2.32. The molecule has 0 aliphatic carbocycles. The molecule has 0 radical (unpaired) electrons. The van der Waals surface area contributed by atoms with Gasteiger partial charge in [-0.15, -0.1) is 0 Å². The van der Waals surface area contributed by atoms with Gasteiger partial charge in [0, 0.05) is 23.4 Å². The molecule has 0 spiro atoms. The second-order valence-corrected chi connectivity index (χ2v) is 3.01. The molecule has 1 aromatic rings. The molecule has 0 atom stereocenters. The highest BCUT2D eigenvalue weighted by atomic mass is 16.5. The predicted molar refractivity (Wildman–Crippen MR) is 60.6 cm³/mol. The molecule has 0 unspecified atom stereocenters. The van der Waals surface area contributed by atoms with Gasteiger partial charge >= 0.3 is 5.97 Å². The number of aliphatic carboxylic acids is 1. The SMILES string of the molecule is COc1cc(N)c(C=CC(=O)O)cc1OC. The minimum absolute atomic E-state index is 0.426. The number of hydrogen-bond acceptors (Lipinski definition) is 4. The van der Waals surface area contributed by atoms with Crippen LogP contribution in [0.1, 0.15) is 5.56 Å². The first-order chi connectivity index (χ1) is 7.58. The topological polar surface area (TPSA) is 81.8 Å². The molecular weight excluding hydrogens is 210 g/mol. The maximum atomic E-state index is 10.4. The minimum Gasteiger partial charge on any atom is -0.493 e. The number of nitrogen functional groups attached to an aromatic ring is 1. The fourth-order valence-corrected chi connectivity index (χ4v) is 1.22. The summed E-state index contributed by atoms with van der Waals surface area (Å²) in [5.74, 6) is -0.0246. The van der Waals surface area contributed by atoms with E-state index < -0.39 is 5.97 Å². The van der Waals surface area contributed by atoms with Crippen molar-refractivity contribution in [2.24, 2.45) is 0 Å². The molecular formula is C11H13NO4. The molecule has 0 heterocycles. The smallest absolute Gasteiger partial charge is 0.328 e. The lowest BCUT2D eigenvalue weighted by molar-refractivity contribution is -0.131. The van der Waals surface area contributed by atoms with Crippen molar-refractivity contribution in [2.45, 2.75) is 0 Å². The zero-order valence-corrected chi connectivity index (χ0v) is 9.06. The standard InChI is InChI=1S/C11H13NO4/c1-15-9-5-7(3-4-11(13)14)8(12)6-10(9)16-2/h3-6H,12H2,1-2H3,(H,13,14). The number of methoxy groups -OCH3 is 2. The van der Waals surface area contributed by atoms with Gasteiger partial charge in [0.2, 0.25) is 0 Å². The molecule has 3 N–H and O–H groups in total. The Morgan fingerprint density at radius 2 is 1.88 bits per heavy atom. The molecule has 16 heavy (non-hydrogen) atoms. The quantitative estimate of drug-likeness (QED) is 0.595. The van der Waals surface area contributed by atoms with Crippen LogP contribution in [-0.2, 0) is 4.79 Å². The van der Waals surface area contributed by atoms with Crippen LogP contribution in [0.15, 0.2) is 18.2 Å². The van der Waals surface area contributed by atoms with Gasteiger partial charge in [0.15, 0.2) is 11.5 Å². The molecule has 0 saturated heterocycles. The van der Waals surface area contributed by atoms with E-state index in [1.165, 1.54) is 20.3 Å². The first-order valence-electron chi connectivity index (χ1n) is 4.51. The average Bonchev–Trinajstić information content (AvgIpc) is 2.26. The number of benzene rings is 1. The monoisotopic (exact) mass is 223 g/mol. The van der Waals surface area contributed by atoms with Crippen molar-refractivity contribution >= 4 is 17.7 Å². The summed E-state index contributed by atoms with van der Waals surface area (Å²) in [4.78, 5) is 10.4. The fourth-order valence-electron chi connectivity index (χ4n) is 1.22. The summed E-state index contributed by atoms with van der Waals surface area (Å²) in [6, 6.07) is 3.20. The molecule has 5 heteroatoms. The molecule has 1 aromatic carbocycles. The van der Waals surface area contributed by atoms with E-state index >= 15 is 0 Å². The summed E-state index contributed by atoms with van der Waals surface area (Å²) in [6.45, 7) is 0. The number of carboxylic acid groups (broad SMARTS) is 1. The van der Waals surface area contributed by atoms with Crippen molar-refractivity contribution in [3.8, 4) is 11.5 Å². The van der Waals surface area contributed by atoms with Crippen LogP contribution < -0.4 is 15.2 Å². The van der Waals surface area contributed by atoms with Crippen molar-refractivity contribution in [2.75, 3.05) is 20.0 Å². The van der Waals surface area contributed by atoms with E-state index in [4.69, 9.17) is 20.3 Å². The Morgan fingerprint density at radius 1 is 1.31 bits per heavy atom. The lowest BCUT2D eigenvalue weighted by Crippen LogP contribution is -1.96. The van der Waals surface area contributed by atoms with Gasteiger partial charge in [-0.3, -0.25) is 0 Å². The first-order valence-corrected chi connectivity index (χ1v) is 4.51. The van der Waals surface area contributed by atoms with E-state index in [0.29, 0.717) is 22.7 Å². The van der Waals surface area contributed by atoms with Crippen molar-refractivity contribution in [3.05, 3.63) is 23.8 Å². The summed E-state index contributed by atoms with van der Waals surface area (Å²) in [7, 11) is 3.00. The minimum atomic E-state index is -1.03. The van der Waals surface area contributed by atoms with Crippen molar-refractivity contribution in [3.63, 3.8) is 0 Å². The van der Waals surface area contributed by atoms with Crippen LogP contribution in [0, 0.1) is 0 Å². The number of rotatable bonds is 4. The van der Waals surface area contributed by atoms with Gasteiger partial charge in [0.05, 0.1) is 14.2 Å². The Kier molecular flexibility index (Phi) is 3.77. The van der Waals surface area contributed by atoms with Gasteiger partial charge in [0.1, 0.15) is 0 Å². The second-order valence-electron chi connectivity index (χ2n) is 3.01. The van der Waals surface area contributed by atoms with Crippen LogP contribution >= 0.6 is 0 Å². The zero-order chi connectivity index (χ0) is 12.1. The molecule has 0 saturated carbocycles. The number of hydrogen-bond donors (Lipinski definition) is 2. The Balaban J connectivity index is 3.16. The van der Waals surface area contributed by atoms with E-state index in [1.807, 2.05) is 0 Å². The van der Waals surface area contributed by atoms with Crippen molar-refractivity contribution in [1.29, 1.82) is 0 Å². The molecule has 86 valence electrons. The van der Waals surface area contributed by atoms with Gasteiger partial charge in [-0.25, -0.2) is 4.79 Å². The van der Waals surface area contributed by atoms with Crippen LogP contribution in [0.5, 0.6) is 11.5 Å². The number of anilines is 1. The summed E-state index contributed by atoms with van der Waals surface area (Å²) >= 11 is 0. The number of ether oxygens (including phenoxy) is 2. The fraction of sp³-hybridized carbons (Fsp3) is 0.182. The highest BCUT2D eigenvalue weighted by Gasteiger charge is 2.07. The molecule has 5 nitrogen and oxygen atoms in total. The summed E-state index contributed by atoms with van der Waals surface area (Å²) in [5, 5.41) is 8.51. The maximum absolute atomic E-state index is 10.4. The van der Waals surface area contributed by atoms with Gasteiger partial charge in [-0.05, 0) is 12.1 Å². The van der Waals surface area contributed by atoms with Gasteiger partial charge in [-0.2, -0.15) is 0 Å². The third kappa shape index (κ3) is 2.66. The molecule has 0 bridgehead atoms. The summed E-state index contributed by atoms with van der Waals surface area (Å²) in [5.41, 5.74) is 6.72. The largest absolute Gasteiger partial charge is 0.493 e. The van der Waals surface area contributed by atoms with Gasteiger partial charge < -0.3 is 20.3 Å². The molecule has 0 amide bonds. The van der Waals surface area contributed by atoms with E-state index in [-0.39, 0.29) is 0 Å². The van der Waals surface area contributed by atoms with Crippen LogP contribution in [0.25, 0.3) is 6.08 Å². The number of carbonyl (C=O) groups is 1. The van der Waals surface area contributed by atoms with Crippen molar-refractivity contribution in [1.82, 2.24) is 0 Å². The third-order valence-electron chi connectivity index (χ3n) is 1.99. The van der Waals surface area contributed by atoms with Crippen LogP contribution in [0.3, 0.4) is 0 Å². The predicted octanol–water partition coefficient (Wildman–Crippen LogP) is 1.38. The summed E-state index contributed by atoms with van der Waals surface area (Å²) < 4.78 is 10.1. The molecule has 0 aromatic heterocycles. The maximum Gasteiger partial charge on any atom is 0.328 e. The third-order valence-corrected chi connectivity index (χ3v) is 1.99. The van der Waals surface area contributed by atoms with Crippen LogP contribution in [0.2, 0.25) is 0 Å². The molecule has 1 rings (SSSR count). The molecule has 0 fully saturated rings. The van der Waals surface area contributed by atoms with E-state index in [9.17, 15) is 4.79 Å². The normalized spacial score (nSPS) is 10.4. The van der Waals surface area contributed by atoms with E-state index in [1.54, 1.807) is 12.1 Å². The highest BCUT2D eigenvalue weighted by molar-refractivity contribution is 5.87. The van der Waals surface area contributed by atoms with E-state index in [0.717, 1.165) is 6.08 Å². The van der Waals surface area contributed by atoms with Crippen molar-refractivity contribution < 1.29 is 19.4 Å². The van der Waals surface area contributed by atoms with Crippen LogP contribution in [-0.4, -0.2) is 25.3 Å². The zero-order valence-electron chi connectivity index (χ0n) is 9.06. The Morgan fingerprint density at radius 3 is 2.38 bits per heavy atom. The second kappa shape index (κ2) is 5.06. The summed E-state index contributed by atoms with van der Waals surface area (Å²) in [6.07, 6.45) is 2.41. The lowest BCUT2D eigenvalue weighted by Gasteiger charge is -2.10. The van der Waals surface area contributed by atoms with E-state index in [2.05, 4.69) is 0 Å². The molecule has 0 aliphatic heterocycles. The first kappa shape index (κ1) is 11.9. The Labute approximate surface area is 93.1 Å². The van der Waals surface area contributed by atoms with Gasteiger partial charge in [-0.1, -0.05) is 0 Å². The average molecular weight is 223 g/mol. The van der Waals surface area contributed by atoms with Crippen LogP contribution in [0.4, 0.5) is 5.69 Å². The van der Waals surface area contributed by atoms with Gasteiger partial charge in [0.25, 0.3) is 0 Å². The Bertz CT molecular complexity index is 426.